The third-order valence-electron chi connectivity index (χ3n) is 6.75. The lowest BCUT2D eigenvalue weighted by atomic mass is 10.0. The highest BCUT2D eigenvalue weighted by atomic mass is 16.2. The largest absolute Gasteiger partial charge is 0.341 e. The molecule has 1 aliphatic rings. The lowest BCUT2D eigenvalue weighted by Crippen LogP contribution is -2.41. The van der Waals surface area contributed by atoms with Crippen LogP contribution in [0.1, 0.15) is 34.6 Å². The van der Waals surface area contributed by atoms with E-state index in [1.54, 1.807) is 0 Å². The second-order valence-corrected chi connectivity index (χ2v) is 8.95. The third-order valence-corrected chi connectivity index (χ3v) is 6.75. The first-order valence-corrected chi connectivity index (χ1v) is 11.6. The minimum absolute atomic E-state index is 0.0170. The lowest BCUT2D eigenvalue weighted by molar-refractivity contribution is 0.0632. The van der Waals surface area contributed by atoms with Crippen molar-refractivity contribution in [2.24, 2.45) is 0 Å². The fourth-order valence-corrected chi connectivity index (χ4v) is 4.86. The van der Waals surface area contributed by atoms with Crippen LogP contribution < -0.4 is 0 Å². The number of nitrogens with one attached hydrogen (secondary N) is 1. The molecule has 0 radical (unpaired) electrons. The maximum Gasteiger partial charge on any atom is 0.271 e. The van der Waals surface area contributed by atoms with E-state index in [9.17, 15) is 4.79 Å². The summed E-state index contributed by atoms with van der Waals surface area (Å²) in [6.07, 6.45) is 3.89. The van der Waals surface area contributed by atoms with Crippen molar-refractivity contribution < 1.29 is 4.79 Å². The number of benzene rings is 2. The maximum atomic E-state index is 13.5. The number of amides is 1. The van der Waals surface area contributed by atoms with Crippen LogP contribution >= 0.6 is 0 Å². The predicted molar refractivity (Wildman–Crippen MR) is 133 cm³/mol. The van der Waals surface area contributed by atoms with Crippen LogP contribution in [0.25, 0.3) is 33.4 Å². The van der Waals surface area contributed by atoms with Crippen molar-refractivity contribution in [3.63, 3.8) is 0 Å². The Bertz CT molecular complexity index is 1510. The Hall–Kier alpha value is -4.19. The molecule has 6 rings (SSSR count). The van der Waals surface area contributed by atoms with Gasteiger partial charge in [0.15, 0.2) is 5.65 Å². The number of carbonyl (C=O) groups excluding carboxylic acids is 1. The fourth-order valence-electron chi connectivity index (χ4n) is 4.86. The summed E-state index contributed by atoms with van der Waals surface area (Å²) in [6, 6.07) is 22.7. The van der Waals surface area contributed by atoms with Crippen molar-refractivity contribution in [1.29, 1.82) is 0 Å². The quantitative estimate of drug-likeness (QED) is 0.389. The molecule has 2 aromatic carbocycles. The number of aromatic amines is 1. The molecule has 0 saturated heterocycles. The molecule has 0 fully saturated rings. The van der Waals surface area contributed by atoms with Gasteiger partial charge in [0.1, 0.15) is 11.4 Å². The Kier molecular flexibility index (Phi) is 4.80. The van der Waals surface area contributed by atoms with E-state index in [1.807, 2.05) is 46.1 Å². The SMILES string of the molecule is Cc1cccc([C@@H](C)N2CCn3cc(-c4n[nH]c5ncc(-c6ccccc6)cc45)cc3C2=O)c1. The molecule has 168 valence electrons. The lowest BCUT2D eigenvalue weighted by Gasteiger charge is -2.33. The molecule has 3 aromatic heterocycles. The molecule has 6 heteroatoms. The first-order valence-electron chi connectivity index (χ1n) is 11.6. The summed E-state index contributed by atoms with van der Waals surface area (Å²) in [4.78, 5) is 20.0. The van der Waals surface area contributed by atoms with Gasteiger partial charge in [-0.2, -0.15) is 5.10 Å². The second kappa shape index (κ2) is 7.99. The summed E-state index contributed by atoms with van der Waals surface area (Å²) < 4.78 is 2.05. The van der Waals surface area contributed by atoms with Gasteiger partial charge in [0.25, 0.3) is 5.91 Å². The van der Waals surface area contributed by atoms with Crippen molar-refractivity contribution in [3.8, 4) is 22.4 Å². The van der Waals surface area contributed by atoms with Gasteiger partial charge >= 0.3 is 0 Å². The summed E-state index contributed by atoms with van der Waals surface area (Å²) in [5.41, 5.74) is 7.67. The summed E-state index contributed by atoms with van der Waals surface area (Å²) in [7, 11) is 0. The van der Waals surface area contributed by atoms with Crippen LogP contribution in [0, 0.1) is 6.92 Å². The van der Waals surface area contributed by atoms with Crippen molar-refractivity contribution in [1.82, 2.24) is 24.6 Å². The Morgan fingerprint density at radius 2 is 1.79 bits per heavy atom. The molecular formula is C28H25N5O. The number of aryl methyl sites for hydroxylation is 1. The molecule has 0 unspecified atom stereocenters. The number of aromatic nitrogens is 4. The van der Waals surface area contributed by atoms with E-state index >= 15 is 0 Å². The first-order chi connectivity index (χ1) is 16.6. The highest BCUT2D eigenvalue weighted by Crippen LogP contribution is 2.33. The minimum Gasteiger partial charge on any atom is -0.341 e. The minimum atomic E-state index is 0.0170. The molecule has 5 aromatic rings. The molecule has 0 spiro atoms. The van der Waals surface area contributed by atoms with Crippen LogP contribution in [-0.4, -0.2) is 37.1 Å². The van der Waals surface area contributed by atoms with E-state index in [4.69, 9.17) is 0 Å². The van der Waals surface area contributed by atoms with E-state index < -0.39 is 0 Å². The van der Waals surface area contributed by atoms with Crippen LogP contribution in [0.15, 0.2) is 79.1 Å². The van der Waals surface area contributed by atoms with Gasteiger partial charge in [0.05, 0.1) is 6.04 Å². The Balaban J connectivity index is 1.35. The van der Waals surface area contributed by atoms with Gasteiger partial charge < -0.3 is 9.47 Å². The molecule has 0 saturated carbocycles. The molecule has 1 amide bonds. The third kappa shape index (κ3) is 3.39. The molecule has 1 atom stereocenters. The van der Waals surface area contributed by atoms with E-state index in [-0.39, 0.29) is 11.9 Å². The molecule has 4 heterocycles. The average molecular weight is 448 g/mol. The first kappa shape index (κ1) is 20.4. The van der Waals surface area contributed by atoms with Gasteiger partial charge in [-0.05, 0) is 37.1 Å². The van der Waals surface area contributed by atoms with E-state index in [0.29, 0.717) is 12.2 Å². The summed E-state index contributed by atoms with van der Waals surface area (Å²) >= 11 is 0. The molecule has 1 aliphatic heterocycles. The second-order valence-electron chi connectivity index (χ2n) is 8.95. The zero-order valence-electron chi connectivity index (χ0n) is 19.2. The van der Waals surface area contributed by atoms with Gasteiger partial charge in [0.2, 0.25) is 0 Å². The molecule has 0 aliphatic carbocycles. The number of rotatable bonds is 4. The molecule has 1 N–H and O–H groups in total. The van der Waals surface area contributed by atoms with Gasteiger partial charge in [-0.25, -0.2) is 4.98 Å². The van der Waals surface area contributed by atoms with Crippen LogP contribution in [0.4, 0.5) is 0 Å². The normalized spacial score (nSPS) is 14.4. The van der Waals surface area contributed by atoms with Crippen molar-refractivity contribution in [2.75, 3.05) is 6.54 Å². The molecular weight excluding hydrogens is 422 g/mol. The van der Waals surface area contributed by atoms with E-state index in [2.05, 4.69) is 71.5 Å². The number of carbonyl (C=O) groups is 1. The molecule has 0 bridgehead atoms. The van der Waals surface area contributed by atoms with Crippen molar-refractivity contribution in [3.05, 3.63) is 95.9 Å². The zero-order valence-corrected chi connectivity index (χ0v) is 19.2. The van der Waals surface area contributed by atoms with Crippen LogP contribution in [0.5, 0.6) is 0 Å². The number of fused-ring (bicyclic) bond motifs is 2. The summed E-state index contributed by atoms with van der Waals surface area (Å²) in [5.74, 6) is 0.0504. The van der Waals surface area contributed by atoms with Gasteiger partial charge in [-0.1, -0.05) is 60.2 Å². The maximum absolute atomic E-state index is 13.5. The van der Waals surface area contributed by atoms with Crippen LogP contribution in [0.2, 0.25) is 0 Å². The van der Waals surface area contributed by atoms with Crippen molar-refractivity contribution >= 4 is 16.9 Å². The van der Waals surface area contributed by atoms with Crippen molar-refractivity contribution in [2.45, 2.75) is 26.4 Å². The number of hydrogen-bond acceptors (Lipinski definition) is 3. The summed E-state index contributed by atoms with van der Waals surface area (Å²) in [6.45, 7) is 5.62. The number of nitrogens with zero attached hydrogens (tertiary/aromatic N) is 4. The Morgan fingerprint density at radius 3 is 2.62 bits per heavy atom. The standard InChI is InChI=1S/C28H25N5O/c1-18-7-6-10-21(13-18)19(2)33-12-11-32-17-23(15-25(32)28(33)34)26-24-14-22(16-29-27(24)31-30-26)20-8-4-3-5-9-20/h3-10,13-17,19H,11-12H2,1-2H3,(H,29,30,31)/t19-/m1/s1. The predicted octanol–water partition coefficient (Wildman–Crippen LogP) is 5.62. The van der Waals surface area contributed by atoms with Gasteiger partial charge in [-0.15, -0.1) is 0 Å². The molecule has 6 nitrogen and oxygen atoms in total. The van der Waals surface area contributed by atoms with E-state index in [0.717, 1.165) is 45.5 Å². The Labute approximate surface area is 197 Å². The number of H-pyrrole nitrogens is 1. The summed E-state index contributed by atoms with van der Waals surface area (Å²) in [5, 5.41) is 8.55. The monoisotopic (exact) mass is 447 g/mol. The Morgan fingerprint density at radius 1 is 0.941 bits per heavy atom. The smallest absolute Gasteiger partial charge is 0.271 e. The van der Waals surface area contributed by atoms with Gasteiger partial charge in [-0.3, -0.25) is 9.89 Å². The highest BCUT2D eigenvalue weighted by molar-refractivity contribution is 5.98. The van der Waals surface area contributed by atoms with Gasteiger partial charge in [0, 0.05) is 42.0 Å². The van der Waals surface area contributed by atoms with E-state index in [1.165, 1.54) is 5.56 Å². The number of pyridine rings is 1. The topological polar surface area (TPSA) is 66.8 Å². The molecule has 34 heavy (non-hydrogen) atoms. The van der Waals surface area contributed by atoms with Crippen LogP contribution in [-0.2, 0) is 6.54 Å². The van der Waals surface area contributed by atoms with Crippen LogP contribution in [0.3, 0.4) is 0 Å². The zero-order chi connectivity index (χ0) is 23.2. The fraction of sp³-hybridized carbons (Fsp3) is 0.179. The average Bonchev–Trinajstić information content (AvgIpc) is 3.48. The highest BCUT2D eigenvalue weighted by Gasteiger charge is 2.30. The number of hydrogen-bond donors (Lipinski definition) is 1.